The highest BCUT2D eigenvalue weighted by atomic mass is 16.5. The summed E-state index contributed by atoms with van der Waals surface area (Å²) in [6, 6.07) is 16.3. The van der Waals surface area contributed by atoms with Gasteiger partial charge in [-0.05, 0) is 43.2 Å². The molecular weight excluding hydrogens is 368 g/mol. The Morgan fingerprint density at radius 2 is 1.83 bits per heavy atom. The van der Waals surface area contributed by atoms with Gasteiger partial charge in [0.1, 0.15) is 0 Å². The van der Waals surface area contributed by atoms with Gasteiger partial charge in [-0.1, -0.05) is 37.3 Å². The number of esters is 1. The number of carbonyl (C=O) groups excluding carboxylic acids is 3. The molecule has 2 atom stereocenters. The van der Waals surface area contributed by atoms with Gasteiger partial charge >= 0.3 is 5.97 Å². The molecule has 0 spiro atoms. The van der Waals surface area contributed by atoms with Crippen molar-refractivity contribution in [2.45, 2.75) is 32.7 Å². The molecule has 0 bridgehead atoms. The van der Waals surface area contributed by atoms with Crippen LogP contribution in [0.3, 0.4) is 0 Å². The van der Waals surface area contributed by atoms with Crippen molar-refractivity contribution in [3.8, 4) is 0 Å². The number of hydrogen-bond donors (Lipinski definition) is 1. The van der Waals surface area contributed by atoms with Crippen LogP contribution in [0.15, 0.2) is 54.6 Å². The number of nitrogens with zero attached hydrogens (tertiary/aromatic N) is 1. The van der Waals surface area contributed by atoms with E-state index >= 15 is 0 Å². The summed E-state index contributed by atoms with van der Waals surface area (Å²) in [7, 11) is 0. The number of ether oxygens (including phenoxy) is 1. The molecule has 1 N–H and O–H groups in total. The average Bonchev–Trinajstić information content (AvgIpc) is 3.14. The number of carbonyl (C=O) groups is 3. The van der Waals surface area contributed by atoms with Crippen LogP contribution in [0.1, 0.15) is 48.7 Å². The number of benzene rings is 2. The summed E-state index contributed by atoms with van der Waals surface area (Å²) < 4.78 is 5.09. The number of nitrogens with one attached hydrogen (secondary N) is 1. The normalized spacial score (nSPS) is 17.1. The second-order valence-electron chi connectivity index (χ2n) is 7.24. The van der Waals surface area contributed by atoms with Gasteiger partial charge in [0.25, 0.3) is 0 Å². The van der Waals surface area contributed by atoms with Crippen LogP contribution in [0.2, 0.25) is 0 Å². The summed E-state index contributed by atoms with van der Waals surface area (Å²) >= 11 is 0. The lowest BCUT2D eigenvalue weighted by molar-refractivity contribution is -0.129. The van der Waals surface area contributed by atoms with E-state index < -0.39 is 5.92 Å². The first-order valence-electron chi connectivity index (χ1n) is 9.92. The summed E-state index contributed by atoms with van der Waals surface area (Å²) in [5, 5.41) is 2.84. The Labute approximate surface area is 170 Å². The minimum Gasteiger partial charge on any atom is -0.462 e. The van der Waals surface area contributed by atoms with Crippen molar-refractivity contribution in [3.05, 3.63) is 65.7 Å². The lowest BCUT2D eigenvalue weighted by Gasteiger charge is -2.25. The van der Waals surface area contributed by atoms with Crippen molar-refractivity contribution < 1.29 is 19.1 Å². The predicted molar refractivity (Wildman–Crippen MR) is 110 cm³/mol. The molecule has 2 aromatic rings. The summed E-state index contributed by atoms with van der Waals surface area (Å²) in [6.45, 7) is 4.68. The number of amides is 2. The third kappa shape index (κ3) is 5.02. The van der Waals surface area contributed by atoms with E-state index in [2.05, 4.69) is 5.32 Å². The zero-order valence-electron chi connectivity index (χ0n) is 16.8. The zero-order chi connectivity index (χ0) is 20.8. The molecule has 0 aliphatic carbocycles. The second-order valence-corrected chi connectivity index (χ2v) is 7.24. The van der Waals surface area contributed by atoms with E-state index in [-0.39, 0.29) is 30.2 Å². The number of hydrogen-bond acceptors (Lipinski definition) is 4. The van der Waals surface area contributed by atoms with Crippen molar-refractivity contribution >= 4 is 23.5 Å². The lowest BCUT2D eigenvalue weighted by atomic mass is 10.1. The molecule has 0 radical (unpaired) electrons. The molecular formula is C23H26N2O4. The summed E-state index contributed by atoms with van der Waals surface area (Å²) in [5.74, 6) is -0.988. The molecule has 0 saturated carbocycles. The van der Waals surface area contributed by atoms with Crippen LogP contribution in [-0.2, 0) is 14.3 Å². The molecule has 1 aliphatic heterocycles. The molecule has 2 amide bonds. The monoisotopic (exact) mass is 394 g/mol. The maximum Gasteiger partial charge on any atom is 0.338 e. The predicted octanol–water partition coefficient (Wildman–Crippen LogP) is 3.80. The van der Waals surface area contributed by atoms with Crippen LogP contribution in [0.25, 0.3) is 0 Å². The molecule has 2 aromatic carbocycles. The molecule has 1 saturated heterocycles. The first-order chi connectivity index (χ1) is 14.0. The van der Waals surface area contributed by atoms with Crippen LogP contribution >= 0.6 is 0 Å². The van der Waals surface area contributed by atoms with Gasteiger partial charge in [-0.3, -0.25) is 9.59 Å². The summed E-state index contributed by atoms with van der Waals surface area (Å²) in [6.07, 6.45) is 0.963. The van der Waals surface area contributed by atoms with E-state index in [1.54, 1.807) is 29.2 Å². The first kappa shape index (κ1) is 20.6. The smallest absolute Gasteiger partial charge is 0.338 e. The van der Waals surface area contributed by atoms with Crippen molar-refractivity contribution in [2.24, 2.45) is 5.92 Å². The Bertz CT molecular complexity index is 864. The van der Waals surface area contributed by atoms with Gasteiger partial charge in [-0.15, -0.1) is 0 Å². The molecule has 29 heavy (non-hydrogen) atoms. The van der Waals surface area contributed by atoms with Crippen LogP contribution < -0.4 is 5.32 Å². The fourth-order valence-corrected chi connectivity index (χ4v) is 3.41. The molecule has 3 rings (SSSR count). The minimum absolute atomic E-state index is 0.0180. The molecule has 0 unspecified atom stereocenters. The van der Waals surface area contributed by atoms with E-state index in [0.29, 0.717) is 24.4 Å². The van der Waals surface area contributed by atoms with Gasteiger partial charge in [0, 0.05) is 18.7 Å². The third-order valence-corrected chi connectivity index (χ3v) is 5.10. The fraction of sp³-hybridized carbons (Fsp3) is 0.348. The standard InChI is InChI=1S/C23H26N2O4/c1-3-13-29-23(28)18-9-11-20(12-10-18)24-22(27)19-14-21(26)25(15-19)16(2)17-7-5-4-6-8-17/h4-12,16,19H,3,13-15H2,1-2H3,(H,24,27)/t16-,19-/m1/s1. The molecule has 1 heterocycles. The average molecular weight is 394 g/mol. The van der Waals surface area contributed by atoms with Crippen molar-refractivity contribution in [2.75, 3.05) is 18.5 Å². The van der Waals surface area contributed by atoms with E-state index in [0.717, 1.165) is 12.0 Å². The first-order valence-corrected chi connectivity index (χ1v) is 9.92. The highest BCUT2D eigenvalue weighted by molar-refractivity contribution is 5.97. The zero-order valence-corrected chi connectivity index (χ0v) is 16.8. The largest absolute Gasteiger partial charge is 0.462 e. The van der Waals surface area contributed by atoms with Gasteiger partial charge in [0.15, 0.2) is 0 Å². The van der Waals surface area contributed by atoms with E-state index in [1.807, 2.05) is 44.2 Å². The molecule has 1 fully saturated rings. The second kappa shape index (κ2) is 9.37. The minimum atomic E-state index is -0.400. The lowest BCUT2D eigenvalue weighted by Crippen LogP contribution is -2.30. The van der Waals surface area contributed by atoms with Gasteiger partial charge in [-0.2, -0.15) is 0 Å². The fourth-order valence-electron chi connectivity index (χ4n) is 3.41. The van der Waals surface area contributed by atoms with E-state index in [4.69, 9.17) is 4.74 Å². The summed E-state index contributed by atoms with van der Waals surface area (Å²) in [4.78, 5) is 38.7. The van der Waals surface area contributed by atoms with Gasteiger partial charge in [0.05, 0.1) is 24.1 Å². The van der Waals surface area contributed by atoms with Crippen molar-refractivity contribution in [1.29, 1.82) is 0 Å². The van der Waals surface area contributed by atoms with Crippen LogP contribution in [-0.4, -0.2) is 35.8 Å². The van der Waals surface area contributed by atoms with Crippen LogP contribution in [0.4, 0.5) is 5.69 Å². The number of rotatable bonds is 7. The van der Waals surface area contributed by atoms with Crippen molar-refractivity contribution in [3.63, 3.8) is 0 Å². The number of likely N-dealkylation sites (tertiary alicyclic amines) is 1. The third-order valence-electron chi connectivity index (χ3n) is 5.10. The Kier molecular flexibility index (Phi) is 6.65. The summed E-state index contributed by atoms with van der Waals surface area (Å²) in [5.41, 5.74) is 2.08. The van der Waals surface area contributed by atoms with E-state index in [9.17, 15) is 14.4 Å². The molecule has 1 aliphatic rings. The molecule has 152 valence electrons. The quantitative estimate of drug-likeness (QED) is 0.725. The molecule has 6 heteroatoms. The van der Waals surface area contributed by atoms with Gasteiger partial charge < -0.3 is 15.0 Å². The maximum absolute atomic E-state index is 12.6. The number of anilines is 1. The van der Waals surface area contributed by atoms with Crippen molar-refractivity contribution in [1.82, 2.24) is 4.90 Å². The van der Waals surface area contributed by atoms with Gasteiger partial charge in [-0.25, -0.2) is 4.79 Å². The highest BCUT2D eigenvalue weighted by Gasteiger charge is 2.37. The highest BCUT2D eigenvalue weighted by Crippen LogP contribution is 2.29. The van der Waals surface area contributed by atoms with Crippen LogP contribution in [0, 0.1) is 5.92 Å². The van der Waals surface area contributed by atoms with Gasteiger partial charge in [0.2, 0.25) is 11.8 Å². The van der Waals surface area contributed by atoms with E-state index in [1.165, 1.54) is 0 Å². The Hall–Kier alpha value is -3.15. The Morgan fingerprint density at radius 3 is 2.48 bits per heavy atom. The van der Waals surface area contributed by atoms with Crippen LogP contribution in [0.5, 0.6) is 0 Å². The Balaban J connectivity index is 1.58. The topological polar surface area (TPSA) is 75.7 Å². The Morgan fingerprint density at radius 1 is 1.14 bits per heavy atom. The maximum atomic E-state index is 12.6. The molecule has 0 aromatic heterocycles. The SMILES string of the molecule is CCCOC(=O)c1ccc(NC(=O)[C@@H]2CC(=O)N([C@H](C)c3ccccc3)C2)cc1. The molecule has 6 nitrogen and oxygen atoms in total.